The second-order valence-corrected chi connectivity index (χ2v) is 15.7. The van der Waals surface area contributed by atoms with Crippen molar-refractivity contribution in [2.45, 2.75) is 6.92 Å². The molecule has 0 aromatic heterocycles. The predicted molar refractivity (Wildman–Crippen MR) is 258 cm³/mol. The van der Waals surface area contributed by atoms with E-state index in [1.165, 1.54) is 93.2 Å². The van der Waals surface area contributed by atoms with Gasteiger partial charge in [0.05, 0.1) is 0 Å². The highest BCUT2D eigenvalue weighted by Crippen LogP contribution is 2.50. The van der Waals surface area contributed by atoms with E-state index in [0.29, 0.717) is 0 Å². The van der Waals surface area contributed by atoms with Gasteiger partial charge in [0.1, 0.15) is 0 Å². The summed E-state index contributed by atoms with van der Waals surface area (Å²) in [7, 11) is 0. The maximum atomic E-state index is 2.43. The summed E-state index contributed by atoms with van der Waals surface area (Å²) in [5.74, 6) is 0. The van der Waals surface area contributed by atoms with Crippen molar-refractivity contribution < 1.29 is 0 Å². The third-order valence-electron chi connectivity index (χ3n) is 12.1. The monoisotopic (exact) mass is 763 g/mol. The maximum absolute atomic E-state index is 2.43. The minimum absolute atomic E-state index is 1.11. The molecule has 0 saturated carbocycles. The topological polar surface area (TPSA) is 3.24 Å². The summed E-state index contributed by atoms with van der Waals surface area (Å²) in [5.41, 5.74) is 14.3. The van der Waals surface area contributed by atoms with Crippen molar-refractivity contribution >= 4 is 60.2 Å². The van der Waals surface area contributed by atoms with E-state index in [1.807, 2.05) is 0 Å². The van der Waals surface area contributed by atoms with Crippen LogP contribution < -0.4 is 4.90 Å². The van der Waals surface area contributed by atoms with Crippen LogP contribution in [0.3, 0.4) is 0 Å². The first-order valence-electron chi connectivity index (χ1n) is 20.8. The van der Waals surface area contributed by atoms with Crippen LogP contribution in [0, 0.1) is 6.92 Å². The molecule has 0 spiro atoms. The van der Waals surface area contributed by atoms with Crippen LogP contribution in [0.15, 0.2) is 231 Å². The fraction of sp³-hybridized carbons (Fsp3) is 0.0169. The molecule has 1 heteroatoms. The molecule has 11 rings (SSSR count). The smallest absolute Gasteiger partial charge is 0.0468 e. The van der Waals surface area contributed by atoms with Crippen molar-refractivity contribution in [3.05, 3.63) is 236 Å². The average Bonchev–Trinajstić information content (AvgIpc) is 3.32. The largest absolute Gasteiger partial charge is 0.310 e. The third kappa shape index (κ3) is 6.20. The molecule has 0 aliphatic carbocycles. The highest BCUT2D eigenvalue weighted by molar-refractivity contribution is 6.33. The van der Waals surface area contributed by atoms with Gasteiger partial charge in [-0.25, -0.2) is 0 Å². The van der Waals surface area contributed by atoms with E-state index in [4.69, 9.17) is 0 Å². The Morgan fingerprint density at radius 2 is 0.800 bits per heavy atom. The second-order valence-electron chi connectivity index (χ2n) is 15.7. The lowest BCUT2D eigenvalue weighted by molar-refractivity contribution is 1.28. The summed E-state index contributed by atoms with van der Waals surface area (Å²) in [6.07, 6.45) is 0. The van der Waals surface area contributed by atoms with E-state index < -0.39 is 0 Å². The van der Waals surface area contributed by atoms with Crippen molar-refractivity contribution in [2.75, 3.05) is 4.90 Å². The molecule has 0 amide bonds. The molecule has 11 aromatic carbocycles. The predicted octanol–water partition coefficient (Wildman–Crippen LogP) is 16.7. The van der Waals surface area contributed by atoms with E-state index >= 15 is 0 Å². The number of hydrogen-bond acceptors (Lipinski definition) is 1. The third-order valence-corrected chi connectivity index (χ3v) is 12.1. The van der Waals surface area contributed by atoms with Gasteiger partial charge < -0.3 is 4.90 Å². The number of fused-ring (bicyclic) bond motifs is 7. The molecule has 11 aromatic rings. The van der Waals surface area contributed by atoms with E-state index in [0.717, 1.165) is 17.1 Å². The van der Waals surface area contributed by atoms with Crippen LogP contribution in [-0.4, -0.2) is 0 Å². The Hall–Kier alpha value is -7.74. The normalized spacial score (nSPS) is 11.4. The zero-order valence-corrected chi connectivity index (χ0v) is 33.4. The van der Waals surface area contributed by atoms with Crippen molar-refractivity contribution in [1.82, 2.24) is 0 Å². The summed E-state index contributed by atoms with van der Waals surface area (Å²) in [5, 5.41) is 9.98. The number of aryl methyl sites for hydroxylation is 1. The Morgan fingerprint density at radius 3 is 1.48 bits per heavy atom. The summed E-state index contributed by atoms with van der Waals surface area (Å²) >= 11 is 0. The highest BCUT2D eigenvalue weighted by Gasteiger charge is 2.23. The standard InChI is InChI=1S/C59H41N/c1-40-25-31-48(32-26-40)60(49-33-29-42(30-34-49)47-28-27-41-15-11-12-22-46(41)37-47)50-35-36-53-56(38-50)51-23-13-14-24-52(51)58-55(44-18-7-3-8-19-44)39-54(43-16-5-2-6-17-43)57(59(53)58)45-20-9-4-10-21-45/h2-39H,1H3. The maximum Gasteiger partial charge on any atom is 0.0468 e. The van der Waals surface area contributed by atoms with Gasteiger partial charge in [-0.05, 0) is 143 Å². The molecule has 0 N–H and O–H groups in total. The lowest BCUT2D eigenvalue weighted by Gasteiger charge is -2.27. The number of benzene rings is 11. The van der Waals surface area contributed by atoms with Gasteiger partial charge in [0.2, 0.25) is 0 Å². The van der Waals surface area contributed by atoms with Crippen LogP contribution in [-0.2, 0) is 0 Å². The quantitative estimate of drug-likeness (QED) is 0.146. The zero-order chi connectivity index (χ0) is 40.0. The minimum atomic E-state index is 1.11. The average molecular weight is 764 g/mol. The SMILES string of the molecule is Cc1ccc(N(c2ccc(-c3ccc4ccccc4c3)cc2)c2ccc3c(c2)c2ccccc2c2c(-c4ccccc4)cc(-c4ccccc4)c(-c4ccccc4)c32)cc1. The molecule has 0 atom stereocenters. The van der Waals surface area contributed by atoms with Crippen LogP contribution >= 0.6 is 0 Å². The molecule has 0 fully saturated rings. The Morgan fingerprint density at radius 1 is 0.283 bits per heavy atom. The van der Waals surface area contributed by atoms with E-state index in [9.17, 15) is 0 Å². The van der Waals surface area contributed by atoms with Crippen LogP contribution in [0.25, 0.3) is 87.6 Å². The first kappa shape index (κ1) is 35.4. The number of hydrogen-bond donors (Lipinski definition) is 0. The molecular weight excluding hydrogens is 723 g/mol. The van der Waals surface area contributed by atoms with Crippen LogP contribution in [0.5, 0.6) is 0 Å². The molecular formula is C59H41N. The van der Waals surface area contributed by atoms with Crippen LogP contribution in [0.4, 0.5) is 17.1 Å². The van der Waals surface area contributed by atoms with Gasteiger partial charge in [0.15, 0.2) is 0 Å². The Labute approximate surface area is 351 Å². The minimum Gasteiger partial charge on any atom is -0.310 e. The fourth-order valence-corrected chi connectivity index (χ4v) is 9.19. The number of anilines is 3. The van der Waals surface area contributed by atoms with E-state index in [-0.39, 0.29) is 0 Å². The van der Waals surface area contributed by atoms with Gasteiger partial charge in [0.25, 0.3) is 0 Å². The molecule has 0 aliphatic rings. The van der Waals surface area contributed by atoms with Crippen molar-refractivity contribution in [3.8, 4) is 44.5 Å². The van der Waals surface area contributed by atoms with Gasteiger partial charge in [0, 0.05) is 17.1 Å². The Bertz CT molecular complexity index is 3330. The van der Waals surface area contributed by atoms with Gasteiger partial charge >= 0.3 is 0 Å². The van der Waals surface area contributed by atoms with Gasteiger partial charge in [-0.1, -0.05) is 188 Å². The molecule has 0 radical (unpaired) electrons. The Kier molecular flexibility index (Phi) is 8.79. The molecule has 0 unspecified atom stereocenters. The molecule has 0 bridgehead atoms. The summed E-state index contributed by atoms with van der Waals surface area (Å²) in [4.78, 5) is 2.40. The second kappa shape index (κ2) is 14.9. The number of rotatable bonds is 7. The van der Waals surface area contributed by atoms with E-state index in [1.54, 1.807) is 0 Å². The lowest BCUT2D eigenvalue weighted by atomic mass is 9.81. The van der Waals surface area contributed by atoms with Crippen molar-refractivity contribution in [2.24, 2.45) is 0 Å². The van der Waals surface area contributed by atoms with E-state index in [2.05, 4.69) is 242 Å². The molecule has 1 nitrogen and oxygen atoms in total. The molecule has 282 valence electrons. The first-order valence-corrected chi connectivity index (χ1v) is 20.8. The van der Waals surface area contributed by atoms with Gasteiger partial charge in [-0.2, -0.15) is 0 Å². The zero-order valence-electron chi connectivity index (χ0n) is 33.4. The summed E-state index contributed by atoms with van der Waals surface area (Å²) < 4.78 is 0. The number of nitrogens with zero attached hydrogens (tertiary/aromatic N) is 1. The molecule has 0 heterocycles. The lowest BCUT2D eigenvalue weighted by Crippen LogP contribution is -2.10. The van der Waals surface area contributed by atoms with Crippen molar-refractivity contribution in [1.29, 1.82) is 0 Å². The first-order chi connectivity index (χ1) is 29.7. The molecule has 0 aliphatic heterocycles. The van der Waals surface area contributed by atoms with Crippen LogP contribution in [0.2, 0.25) is 0 Å². The van der Waals surface area contributed by atoms with Crippen LogP contribution in [0.1, 0.15) is 5.56 Å². The summed E-state index contributed by atoms with van der Waals surface area (Å²) in [6.45, 7) is 2.15. The Balaban J connectivity index is 1.19. The van der Waals surface area contributed by atoms with Gasteiger partial charge in [-0.3, -0.25) is 0 Å². The molecule has 60 heavy (non-hydrogen) atoms. The van der Waals surface area contributed by atoms with Gasteiger partial charge in [-0.15, -0.1) is 0 Å². The summed E-state index contributed by atoms with van der Waals surface area (Å²) in [6, 6.07) is 84.5. The van der Waals surface area contributed by atoms with Crippen molar-refractivity contribution in [3.63, 3.8) is 0 Å². The highest BCUT2D eigenvalue weighted by atomic mass is 15.1. The fourth-order valence-electron chi connectivity index (χ4n) is 9.19. The molecule has 0 saturated heterocycles.